The maximum Gasteiger partial charge on any atom is 0.244 e. The summed E-state index contributed by atoms with van der Waals surface area (Å²) in [6.45, 7) is 9.17. The average molecular weight is 488 g/mol. The number of benzene rings is 2. The monoisotopic (exact) mass is 487 g/mol. The Morgan fingerprint density at radius 2 is 1.68 bits per heavy atom. The van der Waals surface area contributed by atoms with E-state index in [-0.39, 0.29) is 18.5 Å². The maximum atomic E-state index is 13.5. The van der Waals surface area contributed by atoms with Gasteiger partial charge in [0.15, 0.2) is 0 Å². The lowest BCUT2D eigenvalue weighted by Crippen LogP contribution is -2.53. The smallest absolute Gasteiger partial charge is 0.244 e. The first-order chi connectivity index (χ1) is 15.9. The van der Waals surface area contributed by atoms with Crippen molar-refractivity contribution < 1.29 is 18.0 Å². The van der Waals surface area contributed by atoms with Crippen molar-refractivity contribution in [3.05, 3.63) is 65.2 Å². The van der Waals surface area contributed by atoms with Gasteiger partial charge in [0.05, 0.1) is 11.9 Å². The number of hydrogen-bond acceptors (Lipinski definition) is 4. The fourth-order valence-electron chi connectivity index (χ4n) is 3.62. The molecule has 2 aromatic carbocycles. The van der Waals surface area contributed by atoms with E-state index in [1.807, 2.05) is 70.2 Å². The SMILES string of the molecule is CCC(C)NC(=O)C(C)N(CCc1ccccc1)C(=O)CN(c1cc(C)ccc1C)S(C)(=O)=O. The summed E-state index contributed by atoms with van der Waals surface area (Å²) in [4.78, 5) is 27.9. The summed E-state index contributed by atoms with van der Waals surface area (Å²) in [7, 11) is -3.74. The van der Waals surface area contributed by atoms with Gasteiger partial charge in [0.25, 0.3) is 0 Å². The predicted molar refractivity (Wildman–Crippen MR) is 137 cm³/mol. The molecule has 0 spiro atoms. The van der Waals surface area contributed by atoms with Crippen molar-refractivity contribution in [2.24, 2.45) is 0 Å². The minimum Gasteiger partial charge on any atom is -0.352 e. The van der Waals surface area contributed by atoms with Crippen molar-refractivity contribution in [3.63, 3.8) is 0 Å². The van der Waals surface area contributed by atoms with Gasteiger partial charge in [-0.1, -0.05) is 49.4 Å². The summed E-state index contributed by atoms with van der Waals surface area (Å²) in [5, 5.41) is 2.93. The number of nitrogens with one attached hydrogen (secondary N) is 1. The van der Waals surface area contributed by atoms with Crippen LogP contribution in [0.25, 0.3) is 0 Å². The number of rotatable bonds is 11. The lowest BCUT2D eigenvalue weighted by Gasteiger charge is -2.32. The van der Waals surface area contributed by atoms with Gasteiger partial charge in [-0.05, 0) is 63.3 Å². The van der Waals surface area contributed by atoms with Crippen molar-refractivity contribution in [1.82, 2.24) is 10.2 Å². The van der Waals surface area contributed by atoms with Crippen molar-refractivity contribution in [1.29, 1.82) is 0 Å². The Morgan fingerprint density at radius 1 is 1.03 bits per heavy atom. The largest absolute Gasteiger partial charge is 0.352 e. The van der Waals surface area contributed by atoms with Gasteiger partial charge in [-0.2, -0.15) is 0 Å². The third-order valence-electron chi connectivity index (χ3n) is 5.97. The Bertz CT molecular complexity index is 1090. The van der Waals surface area contributed by atoms with Crippen LogP contribution in [0.2, 0.25) is 0 Å². The normalized spacial score (nSPS) is 13.1. The zero-order valence-electron chi connectivity index (χ0n) is 21.0. The molecule has 186 valence electrons. The second-order valence-corrected chi connectivity index (χ2v) is 10.8. The van der Waals surface area contributed by atoms with Gasteiger partial charge in [0, 0.05) is 12.6 Å². The molecule has 2 rings (SSSR count). The highest BCUT2D eigenvalue weighted by Gasteiger charge is 2.30. The molecule has 0 radical (unpaired) electrons. The lowest BCUT2D eigenvalue weighted by molar-refractivity contribution is -0.139. The Labute approximate surface area is 204 Å². The molecule has 7 nitrogen and oxygen atoms in total. The van der Waals surface area contributed by atoms with E-state index >= 15 is 0 Å². The standard InChI is InChI=1S/C26H37N3O4S/c1-7-21(4)27-26(31)22(5)28(16-15-23-11-9-8-10-12-23)25(30)18-29(34(6,32)33)24-17-19(2)13-14-20(24)3/h8-14,17,21-22H,7,15-16,18H2,1-6H3,(H,27,31). The zero-order chi connectivity index (χ0) is 25.5. The van der Waals surface area contributed by atoms with E-state index < -0.39 is 22.0 Å². The first-order valence-electron chi connectivity index (χ1n) is 11.6. The molecular formula is C26H37N3O4S. The topological polar surface area (TPSA) is 86.8 Å². The second-order valence-electron chi connectivity index (χ2n) is 8.88. The molecule has 0 aliphatic heterocycles. The fraction of sp³-hybridized carbons (Fsp3) is 0.462. The molecule has 0 saturated heterocycles. The number of aryl methyl sites for hydroxylation is 2. The van der Waals surface area contributed by atoms with E-state index in [1.54, 1.807) is 13.0 Å². The number of carbonyl (C=O) groups is 2. The van der Waals surface area contributed by atoms with Crippen LogP contribution in [0, 0.1) is 13.8 Å². The van der Waals surface area contributed by atoms with Crippen LogP contribution in [0.4, 0.5) is 5.69 Å². The lowest BCUT2D eigenvalue weighted by atomic mass is 10.1. The molecule has 0 aliphatic rings. The summed E-state index contributed by atoms with van der Waals surface area (Å²) < 4.78 is 26.5. The highest BCUT2D eigenvalue weighted by molar-refractivity contribution is 7.92. The van der Waals surface area contributed by atoms with Crippen LogP contribution in [0.5, 0.6) is 0 Å². The van der Waals surface area contributed by atoms with Crippen LogP contribution in [0.15, 0.2) is 48.5 Å². The zero-order valence-corrected chi connectivity index (χ0v) is 21.9. The molecule has 2 atom stereocenters. The number of anilines is 1. The van der Waals surface area contributed by atoms with Crippen LogP contribution >= 0.6 is 0 Å². The summed E-state index contributed by atoms with van der Waals surface area (Å²) in [6.07, 6.45) is 2.41. The highest BCUT2D eigenvalue weighted by Crippen LogP contribution is 2.24. The van der Waals surface area contributed by atoms with E-state index in [0.29, 0.717) is 18.7 Å². The van der Waals surface area contributed by atoms with Gasteiger partial charge in [-0.3, -0.25) is 13.9 Å². The Kier molecular flexibility index (Phi) is 9.67. The Morgan fingerprint density at radius 3 is 2.26 bits per heavy atom. The first kappa shape index (κ1) is 27.4. The molecule has 0 saturated carbocycles. The summed E-state index contributed by atoms with van der Waals surface area (Å²) in [6, 6.07) is 14.4. The average Bonchev–Trinajstić information content (AvgIpc) is 2.79. The van der Waals surface area contributed by atoms with Crippen LogP contribution in [-0.4, -0.2) is 56.6 Å². The molecule has 2 aromatic rings. The number of nitrogens with zero attached hydrogens (tertiary/aromatic N) is 2. The fourth-order valence-corrected chi connectivity index (χ4v) is 4.52. The predicted octanol–water partition coefficient (Wildman–Crippen LogP) is 3.44. The van der Waals surface area contributed by atoms with Crippen molar-refractivity contribution >= 4 is 27.5 Å². The number of hydrogen-bond donors (Lipinski definition) is 1. The molecule has 8 heteroatoms. The number of amides is 2. The van der Waals surface area contributed by atoms with Gasteiger partial charge in [-0.15, -0.1) is 0 Å². The molecule has 0 fully saturated rings. The summed E-state index contributed by atoms with van der Waals surface area (Å²) in [5.41, 5.74) is 3.14. The van der Waals surface area contributed by atoms with Gasteiger partial charge in [0.2, 0.25) is 21.8 Å². The number of carbonyl (C=O) groups excluding carboxylic acids is 2. The molecule has 0 bridgehead atoms. The minimum atomic E-state index is -3.74. The second kappa shape index (κ2) is 12.0. The van der Waals surface area contributed by atoms with Crippen LogP contribution < -0.4 is 9.62 Å². The summed E-state index contributed by atoms with van der Waals surface area (Å²) in [5.74, 6) is -0.678. The molecule has 2 amide bonds. The van der Waals surface area contributed by atoms with E-state index in [2.05, 4.69) is 5.32 Å². The summed E-state index contributed by atoms with van der Waals surface area (Å²) >= 11 is 0. The molecule has 34 heavy (non-hydrogen) atoms. The van der Waals surface area contributed by atoms with E-state index in [9.17, 15) is 18.0 Å². The highest BCUT2D eigenvalue weighted by atomic mass is 32.2. The van der Waals surface area contributed by atoms with Crippen LogP contribution in [-0.2, 0) is 26.0 Å². The molecule has 0 aliphatic carbocycles. The maximum absolute atomic E-state index is 13.5. The van der Waals surface area contributed by atoms with Gasteiger partial charge < -0.3 is 10.2 Å². The molecule has 0 heterocycles. The molecule has 2 unspecified atom stereocenters. The van der Waals surface area contributed by atoms with Crippen molar-refractivity contribution in [2.45, 2.75) is 59.5 Å². The van der Waals surface area contributed by atoms with E-state index in [0.717, 1.165) is 33.7 Å². The van der Waals surface area contributed by atoms with Gasteiger partial charge >= 0.3 is 0 Å². The van der Waals surface area contributed by atoms with Gasteiger partial charge in [0.1, 0.15) is 12.6 Å². The minimum absolute atomic E-state index is 0.0245. The Hall–Kier alpha value is -2.87. The van der Waals surface area contributed by atoms with Crippen molar-refractivity contribution in [3.8, 4) is 0 Å². The molecule has 1 N–H and O–H groups in total. The third kappa shape index (κ3) is 7.58. The van der Waals surface area contributed by atoms with Gasteiger partial charge in [-0.25, -0.2) is 8.42 Å². The van der Waals surface area contributed by atoms with E-state index in [4.69, 9.17) is 0 Å². The third-order valence-corrected chi connectivity index (χ3v) is 7.09. The Balaban J connectivity index is 2.35. The first-order valence-corrected chi connectivity index (χ1v) is 13.5. The number of sulfonamides is 1. The van der Waals surface area contributed by atoms with Crippen LogP contribution in [0.1, 0.15) is 43.9 Å². The molecule has 0 aromatic heterocycles. The molecular weight excluding hydrogens is 450 g/mol. The quantitative estimate of drug-likeness (QED) is 0.526. The van der Waals surface area contributed by atoms with E-state index in [1.165, 1.54) is 4.90 Å². The van der Waals surface area contributed by atoms with Crippen LogP contribution in [0.3, 0.4) is 0 Å². The van der Waals surface area contributed by atoms with Crippen molar-refractivity contribution in [2.75, 3.05) is 23.7 Å².